The van der Waals surface area contributed by atoms with Crippen LogP contribution in [0, 0.1) is 23.7 Å². The van der Waals surface area contributed by atoms with Crippen molar-refractivity contribution < 1.29 is 28.7 Å². The largest absolute Gasteiger partial charge is 0.497 e. The summed E-state index contributed by atoms with van der Waals surface area (Å²) < 4.78 is 24.8. The molecule has 8 atom stereocenters. The molecule has 232 valence electrons. The second-order valence-electron chi connectivity index (χ2n) is 12.9. The van der Waals surface area contributed by atoms with E-state index in [1.165, 1.54) is 6.42 Å². The van der Waals surface area contributed by atoms with Crippen LogP contribution in [0.3, 0.4) is 0 Å². The van der Waals surface area contributed by atoms with Crippen LogP contribution in [0.1, 0.15) is 46.5 Å². The molecule has 43 heavy (non-hydrogen) atoms. The van der Waals surface area contributed by atoms with Gasteiger partial charge in [0.2, 0.25) is 5.79 Å². The van der Waals surface area contributed by atoms with Crippen LogP contribution in [0.4, 0.5) is 5.69 Å². The monoisotopic (exact) mass is 611 g/mol. The van der Waals surface area contributed by atoms with E-state index in [-0.39, 0.29) is 18.1 Å². The van der Waals surface area contributed by atoms with Crippen LogP contribution in [0.15, 0.2) is 36.4 Å². The number of pyridine rings is 1. The van der Waals surface area contributed by atoms with Crippen molar-refractivity contribution in [2.24, 2.45) is 23.7 Å². The summed E-state index contributed by atoms with van der Waals surface area (Å²) in [6.07, 6.45) is 3.23. The Kier molecular flexibility index (Phi) is 7.95. The number of fused-ring (bicyclic) bond motifs is 4. The zero-order chi connectivity index (χ0) is 29.8. The Morgan fingerprint density at radius 1 is 0.977 bits per heavy atom. The number of hydrogen-bond donors (Lipinski definition) is 2. The molecule has 5 heterocycles. The van der Waals surface area contributed by atoms with E-state index in [2.05, 4.69) is 24.5 Å². The maximum Gasteiger partial charge on any atom is 0.201 e. The van der Waals surface area contributed by atoms with Crippen molar-refractivity contribution in [3.05, 3.63) is 41.4 Å². The summed E-state index contributed by atoms with van der Waals surface area (Å²) >= 11 is 6.27. The maximum absolute atomic E-state index is 6.54. The van der Waals surface area contributed by atoms with Crippen LogP contribution in [-0.4, -0.2) is 62.3 Å². The first-order valence-electron chi connectivity index (χ1n) is 15.6. The molecule has 10 heteroatoms. The van der Waals surface area contributed by atoms with Gasteiger partial charge in [-0.2, -0.15) is 0 Å². The number of hydrogen-bond acceptors (Lipinski definition) is 9. The molecule has 3 aromatic rings. The van der Waals surface area contributed by atoms with Crippen molar-refractivity contribution in [2.75, 3.05) is 38.7 Å². The number of methoxy groups -OCH3 is 1. The minimum atomic E-state index is -0.778. The van der Waals surface area contributed by atoms with Crippen LogP contribution in [0.25, 0.3) is 21.8 Å². The third-order valence-corrected chi connectivity index (χ3v) is 10.4. The zero-order valence-electron chi connectivity index (χ0n) is 25.4. The molecule has 0 radical (unpaired) electrons. The first-order chi connectivity index (χ1) is 20.8. The Labute approximate surface area is 257 Å². The Balaban J connectivity index is 0.961. The number of nitrogens with one attached hydrogen (secondary N) is 2. The Bertz CT molecular complexity index is 1490. The van der Waals surface area contributed by atoms with Crippen molar-refractivity contribution in [3.63, 3.8) is 0 Å². The lowest BCUT2D eigenvalue weighted by molar-refractivity contribution is -0.577. The van der Waals surface area contributed by atoms with E-state index in [4.69, 9.17) is 45.3 Å². The van der Waals surface area contributed by atoms with Gasteiger partial charge in [-0.05, 0) is 74.4 Å². The van der Waals surface area contributed by atoms with Gasteiger partial charge in [0.25, 0.3) is 0 Å². The zero-order valence-corrected chi connectivity index (χ0v) is 26.1. The van der Waals surface area contributed by atoms with E-state index in [1.807, 2.05) is 43.3 Å². The van der Waals surface area contributed by atoms with Crippen LogP contribution < -0.4 is 15.4 Å². The SMILES string of the molecule is COc1ccc2nc3cc(Cl)ccc3c(NCCNCCO[C@H]3O[C@@H]4O[C@@]5(C)CC[C@H]6[C@H](C)CC[C@@H]([C@H]3C)[C@@]46OO5)c2c1. The van der Waals surface area contributed by atoms with Gasteiger partial charge in [0, 0.05) is 53.7 Å². The van der Waals surface area contributed by atoms with Gasteiger partial charge in [0.1, 0.15) is 5.75 Å². The van der Waals surface area contributed by atoms with Crippen LogP contribution in [0.2, 0.25) is 5.02 Å². The Hall–Kier alpha value is -2.24. The maximum atomic E-state index is 6.54. The lowest BCUT2D eigenvalue weighted by Gasteiger charge is -2.60. The summed E-state index contributed by atoms with van der Waals surface area (Å²) in [7, 11) is 1.67. The summed E-state index contributed by atoms with van der Waals surface area (Å²) in [5.41, 5.74) is 2.20. The van der Waals surface area contributed by atoms with E-state index in [0.29, 0.717) is 30.0 Å². The number of nitrogens with zero attached hydrogens (tertiary/aromatic N) is 1. The molecule has 0 unspecified atom stereocenters. The van der Waals surface area contributed by atoms with E-state index in [1.54, 1.807) is 7.11 Å². The highest BCUT2D eigenvalue weighted by Crippen LogP contribution is 2.60. The molecule has 5 aliphatic rings. The molecule has 1 spiro atoms. The summed E-state index contributed by atoms with van der Waals surface area (Å²) in [5, 5.41) is 9.82. The number of rotatable bonds is 9. The second-order valence-corrected chi connectivity index (χ2v) is 13.3. The smallest absolute Gasteiger partial charge is 0.201 e. The summed E-state index contributed by atoms with van der Waals surface area (Å²) in [4.78, 5) is 17.0. The van der Waals surface area contributed by atoms with Crippen molar-refractivity contribution >= 4 is 39.1 Å². The molecule has 1 aliphatic carbocycles. The molecule has 1 aromatic heterocycles. The summed E-state index contributed by atoms with van der Waals surface area (Å²) in [6.45, 7) is 9.22. The number of benzene rings is 2. The fourth-order valence-corrected chi connectivity index (χ4v) is 8.09. The average molecular weight is 612 g/mol. The minimum Gasteiger partial charge on any atom is -0.497 e. The Morgan fingerprint density at radius 3 is 2.72 bits per heavy atom. The van der Waals surface area contributed by atoms with Crippen LogP contribution >= 0.6 is 11.6 Å². The van der Waals surface area contributed by atoms with Crippen molar-refractivity contribution in [3.8, 4) is 5.75 Å². The minimum absolute atomic E-state index is 0.168. The Morgan fingerprint density at radius 2 is 1.86 bits per heavy atom. The standard InChI is InChI=1S/C33H42ClN3O6/c1-19-5-9-26-20(2)30(40-31-33(26)25(19)11-12-32(3,41-31)42-43-33)39-16-15-35-13-14-36-29-23-8-6-21(34)17-28(23)37-27-10-7-22(38-4)18-24(27)29/h6-8,10,17-20,25-26,30-31,35H,5,9,11-16H2,1-4H3,(H,36,37)/t19-,20-,25+,26+,30+,31-,32-,33-/m1/s1. The molecule has 5 fully saturated rings. The predicted molar refractivity (Wildman–Crippen MR) is 165 cm³/mol. The molecule has 8 rings (SSSR count). The van der Waals surface area contributed by atoms with E-state index < -0.39 is 17.7 Å². The second kappa shape index (κ2) is 11.6. The van der Waals surface area contributed by atoms with Gasteiger partial charge >= 0.3 is 0 Å². The van der Waals surface area contributed by atoms with Crippen molar-refractivity contribution in [1.82, 2.24) is 10.3 Å². The molecular formula is C33H42ClN3O6. The lowest BCUT2D eigenvalue weighted by atomic mass is 9.58. The summed E-state index contributed by atoms with van der Waals surface area (Å²) in [5.74, 6) is 1.34. The molecule has 2 aromatic carbocycles. The van der Waals surface area contributed by atoms with Gasteiger partial charge in [-0.15, -0.1) is 0 Å². The third kappa shape index (κ3) is 5.17. The van der Waals surface area contributed by atoms with Crippen LogP contribution in [0.5, 0.6) is 5.75 Å². The predicted octanol–water partition coefficient (Wildman–Crippen LogP) is 6.28. The first kappa shape index (κ1) is 29.5. The van der Waals surface area contributed by atoms with E-state index in [0.717, 1.165) is 65.6 Å². The topological polar surface area (TPSA) is 92.3 Å². The highest BCUT2D eigenvalue weighted by molar-refractivity contribution is 6.31. The van der Waals surface area contributed by atoms with Crippen LogP contribution in [-0.2, 0) is 24.0 Å². The first-order valence-corrected chi connectivity index (χ1v) is 16.0. The molecule has 2 N–H and O–H groups in total. The van der Waals surface area contributed by atoms with Gasteiger partial charge in [0.05, 0.1) is 30.4 Å². The highest BCUT2D eigenvalue weighted by atomic mass is 35.5. The van der Waals surface area contributed by atoms with Gasteiger partial charge in [-0.3, -0.25) is 0 Å². The van der Waals surface area contributed by atoms with Gasteiger partial charge in [-0.25, -0.2) is 14.8 Å². The quantitative estimate of drug-likeness (QED) is 0.165. The van der Waals surface area contributed by atoms with Crippen molar-refractivity contribution in [2.45, 2.75) is 70.4 Å². The number of ether oxygens (including phenoxy) is 4. The molecule has 1 saturated carbocycles. The molecule has 0 amide bonds. The highest BCUT2D eigenvalue weighted by Gasteiger charge is 2.69. The van der Waals surface area contributed by atoms with Crippen molar-refractivity contribution in [1.29, 1.82) is 0 Å². The fourth-order valence-electron chi connectivity index (χ4n) is 7.92. The summed E-state index contributed by atoms with van der Waals surface area (Å²) in [6, 6.07) is 11.7. The van der Waals surface area contributed by atoms with Gasteiger partial charge in [0.15, 0.2) is 18.2 Å². The number of anilines is 1. The number of halogens is 1. The third-order valence-electron chi connectivity index (χ3n) is 10.2. The molecule has 9 nitrogen and oxygen atoms in total. The molecular weight excluding hydrogens is 570 g/mol. The normalized spacial score (nSPS) is 35.1. The lowest BCUT2D eigenvalue weighted by Crippen LogP contribution is -2.70. The molecule has 4 aliphatic heterocycles. The number of aromatic nitrogens is 1. The fraction of sp³-hybridized carbons (Fsp3) is 0.606. The van der Waals surface area contributed by atoms with Gasteiger partial charge in [-0.1, -0.05) is 25.4 Å². The van der Waals surface area contributed by atoms with E-state index >= 15 is 0 Å². The van der Waals surface area contributed by atoms with E-state index in [9.17, 15) is 0 Å². The molecule has 2 bridgehead atoms. The molecule has 4 saturated heterocycles. The van der Waals surface area contributed by atoms with Gasteiger partial charge < -0.3 is 29.6 Å². The average Bonchev–Trinajstić information content (AvgIpc) is 3.23.